The van der Waals surface area contributed by atoms with Crippen molar-refractivity contribution in [2.45, 2.75) is 13.0 Å². The first-order valence-corrected chi connectivity index (χ1v) is 7.31. The molecule has 0 bridgehead atoms. The van der Waals surface area contributed by atoms with Crippen molar-refractivity contribution in [3.05, 3.63) is 22.4 Å². The normalized spacial score (nSPS) is 11.8. The van der Waals surface area contributed by atoms with E-state index in [1.165, 1.54) is 0 Å². The summed E-state index contributed by atoms with van der Waals surface area (Å²) in [5.74, 6) is 0.180. The van der Waals surface area contributed by atoms with Crippen LogP contribution in [0.25, 0.3) is 0 Å². The van der Waals surface area contributed by atoms with Gasteiger partial charge in [0.15, 0.2) is 0 Å². The van der Waals surface area contributed by atoms with Crippen molar-refractivity contribution >= 4 is 21.4 Å². The van der Waals surface area contributed by atoms with Gasteiger partial charge in [-0.1, -0.05) is 6.07 Å². The number of rotatable bonds is 7. The molecule has 0 unspecified atom stereocenters. The minimum absolute atomic E-state index is 0.180. The van der Waals surface area contributed by atoms with Crippen molar-refractivity contribution in [3.8, 4) is 0 Å². The van der Waals surface area contributed by atoms with E-state index in [0.29, 0.717) is 13.0 Å². The van der Waals surface area contributed by atoms with Gasteiger partial charge in [0, 0.05) is 11.4 Å². The third-order valence-corrected chi connectivity index (χ3v) is 4.17. The van der Waals surface area contributed by atoms with Crippen LogP contribution < -0.4 is 10.0 Å². The van der Waals surface area contributed by atoms with Crippen LogP contribution in [-0.4, -0.2) is 27.8 Å². The van der Waals surface area contributed by atoms with Gasteiger partial charge in [-0.3, -0.25) is 0 Å². The molecule has 0 spiro atoms. The van der Waals surface area contributed by atoms with Gasteiger partial charge in [-0.05, 0) is 31.5 Å². The van der Waals surface area contributed by atoms with Crippen LogP contribution in [0.15, 0.2) is 17.5 Å². The molecule has 4 nitrogen and oxygen atoms in total. The Balaban J connectivity index is 2.30. The lowest BCUT2D eigenvalue weighted by Gasteiger charge is -2.04. The zero-order valence-electron chi connectivity index (χ0n) is 8.69. The summed E-state index contributed by atoms with van der Waals surface area (Å²) in [6.45, 7) is 1.12. The Morgan fingerprint density at radius 3 is 2.87 bits per heavy atom. The molecule has 0 atom stereocenters. The van der Waals surface area contributed by atoms with Crippen molar-refractivity contribution in [3.63, 3.8) is 0 Å². The molecule has 15 heavy (non-hydrogen) atoms. The minimum Gasteiger partial charge on any atom is -0.320 e. The molecule has 2 N–H and O–H groups in total. The summed E-state index contributed by atoms with van der Waals surface area (Å²) >= 11 is 1.55. The zero-order valence-corrected chi connectivity index (χ0v) is 10.3. The minimum atomic E-state index is -3.11. The van der Waals surface area contributed by atoms with Crippen molar-refractivity contribution in [2.75, 3.05) is 19.3 Å². The van der Waals surface area contributed by atoms with Gasteiger partial charge in [-0.2, -0.15) is 0 Å². The summed E-state index contributed by atoms with van der Waals surface area (Å²) in [4.78, 5) is 1.03. The van der Waals surface area contributed by atoms with E-state index >= 15 is 0 Å². The first kappa shape index (κ1) is 12.6. The molecule has 1 rings (SSSR count). The molecule has 86 valence electrons. The Morgan fingerprint density at radius 2 is 2.27 bits per heavy atom. The van der Waals surface area contributed by atoms with Crippen LogP contribution in [0.1, 0.15) is 11.3 Å². The van der Waals surface area contributed by atoms with Gasteiger partial charge in [-0.15, -0.1) is 11.3 Å². The second kappa shape index (κ2) is 6.22. The standard InChI is InChI=1S/C9H16N2O2S2/c1-10-5-3-7-15(12,13)11-8-9-4-2-6-14-9/h2,4,6,10-11H,3,5,7-8H2,1H3. The van der Waals surface area contributed by atoms with E-state index in [1.807, 2.05) is 24.6 Å². The highest BCUT2D eigenvalue weighted by Crippen LogP contribution is 2.08. The topological polar surface area (TPSA) is 58.2 Å². The molecule has 1 aromatic rings. The Kier molecular flexibility index (Phi) is 5.24. The first-order chi connectivity index (χ1) is 7.14. The van der Waals surface area contributed by atoms with Gasteiger partial charge in [0.2, 0.25) is 10.0 Å². The molecule has 0 radical (unpaired) electrons. The van der Waals surface area contributed by atoms with E-state index in [9.17, 15) is 8.42 Å². The lowest BCUT2D eigenvalue weighted by Crippen LogP contribution is -2.27. The lowest BCUT2D eigenvalue weighted by molar-refractivity contribution is 0.577. The summed E-state index contributed by atoms with van der Waals surface area (Å²) in [6, 6.07) is 3.83. The van der Waals surface area contributed by atoms with Crippen molar-refractivity contribution < 1.29 is 8.42 Å². The molecule has 0 aliphatic rings. The molecule has 0 aliphatic heterocycles. The fraction of sp³-hybridized carbons (Fsp3) is 0.556. The Hall–Kier alpha value is -0.430. The van der Waals surface area contributed by atoms with Crippen LogP contribution in [-0.2, 0) is 16.6 Å². The van der Waals surface area contributed by atoms with E-state index in [2.05, 4.69) is 10.0 Å². The largest absolute Gasteiger partial charge is 0.320 e. The van der Waals surface area contributed by atoms with Gasteiger partial charge < -0.3 is 5.32 Å². The third kappa shape index (κ3) is 5.27. The van der Waals surface area contributed by atoms with Crippen molar-refractivity contribution in [1.82, 2.24) is 10.0 Å². The summed E-state index contributed by atoms with van der Waals surface area (Å²) in [7, 11) is -1.30. The molecule has 0 aromatic carbocycles. The van der Waals surface area contributed by atoms with Gasteiger partial charge in [-0.25, -0.2) is 13.1 Å². The van der Waals surface area contributed by atoms with Crippen LogP contribution in [0.3, 0.4) is 0 Å². The maximum Gasteiger partial charge on any atom is 0.211 e. The van der Waals surface area contributed by atoms with Gasteiger partial charge in [0.25, 0.3) is 0 Å². The molecular weight excluding hydrogens is 232 g/mol. The summed E-state index contributed by atoms with van der Waals surface area (Å²) in [5, 5.41) is 4.85. The van der Waals surface area contributed by atoms with E-state index in [1.54, 1.807) is 11.3 Å². The van der Waals surface area contributed by atoms with E-state index < -0.39 is 10.0 Å². The smallest absolute Gasteiger partial charge is 0.211 e. The quantitative estimate of drug-likeness (QED) is 0.701. The number of hydrogen-bond donors (Lipinski definition) is 2. The molecule has 0 amide bonds. The number of nitrogens with one attached hydrogen (secondary N) is 2. The van der Waals surface area contributed by atoms with E-state index in [-0.39, 0.29) is 5.75 Å². The monoisotopic (exact) mass is 248 g/mol. The number of thiophene rings is 1. The van der Waals surface area contributed by atoms with Crippen LogP contribution in [0.4, 0.5) is 0 Å². The SMILES string of the molecule is CNCCCS(=O)(=O)NCc1cccs1. The van der Waals surface area contributed by atoms with Crippen LogP contribution in [0, 0.1) is 0 Å². The second-order valence-corrected chi connectivity index (χ2v) is 6.14. The third-order valence-electron chi connectivity index (χ3n) is 1.89. The molecular formula is C9H16N2O2S2. The second-order valence-electron chi connectivity index (χ2n) is 3.18. The molecule has 0 saturated carbocycles. The van der Waals surface area contributed by atoms with Crippen LogP contribution >= 0.6 is 11.3 Å². The Morgan fingerprint density at radius 1 is 1.47 bits per heavy atom. The number of sulfonamides is 1. The predicted octanol–water partition coefficient (Wildman–Crippen LogP) is 0.777. The molecule has 1 aromatic heterocycles. The molecule has 1 heterocycles. The summed E-state index contributed by atoms with van der Waals surface area (Å²) < 4.78 is 25.5. The van der Waals surface area contributed by atoms with Crippen LogP contribution in [0.2, 0.25) is 0 Å². The summed E-state index contributed by atoms with van der Waals surface area (Å²) in [6.07, 6.45) is 0.635. The fourth-order valence-corrected chi connectivity index (χ4v) is 2.89. The van der Waals surface area contributed by atoms with Crippen LogP contribution in [0.5, 0.6) is 0 Å². The Bertz CT molecular complexity index is 359. The molecule has 6 heteroatoms. The van der Waals surface area contributed by atoms with Gasteiger partial charge in [0.1, 0.15) is 0 Å². The highest BCUT2D eigenvalue weighted by atomic mass is 32.2. The van der Waals surface area contributed by atoms with Gasteiger partial charge in [0.05, 0.1) is 5.75 Å². The highest BCUT2D eigenvalue weighted by Gasteiger charge is 2.08. The first-order valence-electron chi connectivity index (χ1n) is 4.78. The zero-order chi connectivity index (χ0) is 11.1. The highest BCUT2D eigenvalue weighted by molar-refractivity contribution is 7.89. The maximum absolute atomic E-state index is 11.5. The van der Waals surface area contributed by atoms with Crippen molar-refractivity contribution in [1.29, 1.82) is 0 Å². The average Bonchev–Trinajstić information content (AvgIpc) is 2.68. The van der Waals surface area contributed by atoms with E-state index in [0.717, 1.165) is 11.4 Å². The molecule has 0 saturated heterocycles. The molecule has 0 fully saturated rings. The number of hydrogen-bond acceptors (Lipinski definition) is 4. The lowest BCUT2D eigenvalue weighted by atomic mass is 10.5. The molecule has 0 aliphatic carbocycles. The average molecular weight is 248 g/mol. The Labute approximate surface area is 94.8 Å². The van der Waals surface area contributed by atoms with E-state index in [4.69, 9.17) is 0 Å². The fourth-order valence-electron chi connectivity index (χ4n) is 1.11. The predicted molar refractivity (Wildman–Crippen MR) is 63.5 cm³/mol. The van der Waals surface area contributed by atoms with Gasteiger partial charge >= 0.3 is 0 Å². The summed E-state index contributed by atoms with van der Waals surface area (Å²) in [5.41, 5.74) is 0. The van der Waals surface area contributed by atoms with Crippen molar-refractivity contribution in [2.24, 2.45) is 0 Å². The maximum atomic E-state index is 11.5.